The maximum Gasteiger partial charge on any atom is 0.347 e. The number of hydrogen-bond acceptors (Lipinski definition) is 6. The van der Waals surface area contributed by atoms with Crippen LogP contribution < -0.4 is 9.47 Å². The molecule has 1 unspecified atom stereocenters. The van der Waals surface area contributed by atoms with Crippen molar-refractivity contribution in [2.45, 2.75) is 18.9 Å². The average molecular weight is 435 g/mol. The molecule has 2 aromatic carbocycles. The number of ether oxygens (including phenoxy) is 4. The van der Waals surface area contributed by atoms with Crippen LogP contribution in [0.1, 0.15) is 33.6 Å². The van der Waals surface area contributed by atoms with Crippen LogP contribution >= 0.6 is 15.9 Å². The van der Waals surface area contributed by atoms with Gasteiger partial charge in [-0.2, -0.15) is 0 Å². The molecule has 27 heavy (non-hydrogen) atoms. The van der Waals surface area contributed by atoms with Crippen molar-refractivity contribution in [2.24, 2.45) is 0 Å². The summed E-state index contributed by atoms with van der Waals surface area (Å²) in [6.07, 6.45) is 1.88. The second kappa shape index (κ2) is 9.01. The van der Waals surface area contributed by atoms with Gasteiger partial charge >= 0.3 is 11.9 Å². The summed E-state index contributed by atoms with van der Waals surface area (Å²) in [4.78, 5) is 24.5. The van der Waals surface area contributed by atoms with Gasteiger partial charge < -0.3 is 18.9 Å². The van der Waals surface area contributed by atoms with Gasteiger partial charge in [-0.05, 0) is 55.3 Å². The summed E-state index contributed by atoms with van der Waals surface area (Å²) in [6, 6.07) is 11.3. The fraction of sp³-hybridized carbons (Fsp3) is 0.300. The van der Waals surface area contributed by atoms with Gasteiger partial charge in [0.25, 0.3) is 0 Å². The highest BCUT2D eigenvalue weighted by molar-refractivity contribution is 9.10. The molecule has 2 aromatic rings. The van der Waals surface area contributed by atoms with Crippen molar-refractivity contribution in [1.82, 2.24) is 0 Å². The molecule has 7 heteroatoms. The lowest BCUT2D eigenvalue weighted by Crippen LogP contribution is -2.17. The first kappa shape index (κ1) is 19.4. The Balaban J connectivity index is 1.61. The Hall–Kier alpha value is -2.38. The molecule has 0 aromatic heterocycles. The maximum atomic E-state index is 12.4. The number of methoxy groups -OCH3 is 1. The van der Waals surface area contributed by atoms with Gasteiger partial charge in [-0.25, -0.2) is 9.59 Å². The van der Waals surface area contributed by atoms with Crippen molar-refractivity contribution >= 4 is 27.9 Å². The molecule has 3 rings (SSSR count). The lowest BCUT2D eigenvalue weighted by molar-refractivity contribution is 0.0161. The quantitative estimate of drug-likeness (QED) is 0.505. The van der Waals surface area contributed by atoms with Crippen molar-refractivity contribution in [3.05, 3.63) is 58.1 Å². The van der Waals surface area contributed by atoms with Gasteiger partial charge in [-0.3, -0.25) is 0 Å². The molecule has 1 heterocycles. The summed E-state index contributed by atoms with van der Waals surface area (Å²) in [6.45, 7) is 0.962. The molecule has 1 atom stereocenters. The Morgan fingerprint density at radius 2 is 1.93 bits per heavy atom. The van der Waals surface area contributed by atoms with Crippen LogP contribution in [0.25, 0.3) is 0 Å². The largest absolute Gasteiger partial charge is 0.496 e. The molecule has 0 radical (unpaired) electrons. The number of esters is 2. The van der Waals surface area contributed by atoms with Crippen LogP contribution in [0.15, 0.2) is 46.9 Å². The molecular formula is C20H19BrO6. The Morgan fingerprint density at radius 1 is 1.15 bits per heavy atom. The van der Waals surface area contributed by atoms with E-state index in [0.717, 1.165) is 17.3 Å². The Labute approximate surface area is 165 Å². The summed E-state index contributed by atoms with van der Waals surface area (Å²) in [7, 11) is 1.48. The molecule has 0 bridgehead atoms. The van der Waals surface area contributed by atoms with Crippen molar-refractivity contribution in [3.8, 4) is 11.5 Å². The van der Waals surface area contributed by atoms with Crippen LogP contribution in [0.4, 0.5) is 0 Å². The van der Waals surface area contributed by atoms with Crippen LogP contribution in [-0.4, -0.2) is 38.4 Å². The zero-order chi connectivity index (χ0) is 19.2. The number of hydrogen-bond donors (Lipinski definition) is 0. The van der Waals surface area contributed by atoms with E-state index in [1.54, 1.807) is 42.5 Å². The maximum absolute atomic E-state index is 12.4. The van der Waals surface area contributed by atoms with Crippen LogP contribution in [0.2, 0.25) is 0 Å². The number of benzene rings is 2. The van der Waals surface area contributed by atoms with Crippen molar-refractivity contribution < 1.29 is 28.5 Å². The predicted octanol–water partition coefficient (Wildman–Crippen LogP) is 4.01. The van der Waals surface area contributed by atoms with E-state index in [0.29, 0.717) is 29.2 Å². The fourth-order valence-corrected chi connectivity index (χ4v) is 3.05. The number of carbonyl (C=O) groups excluding carboxylic acids is 2. The molecule has 1 fully saturated rings. The van der Waals surface area contributed by atoms with E-state index in [1.807, 2.05) is 0 Å². The van der Waals surface area contributed by atoms with Crippen LogP contribution in [-0.2, 0) is 9.47 Å². The smallest absolute Gasteiger partial charge is 0.347 e. The monoisotopic (exact) mass is 434 g/mol. The van der Waals surface area contributed by atoms with E-state index in [4.69, 9.17) is 18.9 Å². The van der Waals surface area contributed by atoms with Crippen LogP contribution in [0.3, 0.4) is 0 Å². The topological polar surface area (TPSA) is 71.1 Å². The molecule has 0 N–H and O–H groups in total. The number of carbonyl (C=O) groups is 2. The van der Waals surface area contributed by atoms with Crippen molar-refractivity contribution in [3.63, 3.8) is 0 Å². The molecule has 0 amide bonds. The standard InChI is InChI=1S/C20H19BrO6/c1-24-18-9-6-14(21)11-17(18)20(23)27-15-7-4-13(5-8-15)19(22)26-12-16-3-2-10-25-16/h4-9,11,16H,2-3,10,12H2,1H3. The number of rotatable bonds is 6. The highest BCUT2D eigenvalue weighted by Crippen LogP contribution is 2.25. The van der Waals surface area contributed by atoms with Gasteiger partial charge in [0.2, 0.25) is 0 Å². The SMILES string of the molecule is COc1ccc(Br)cc1C(=O)Oc1ccc(C(=O)OCC2CCCO2)cc1. The highest BCUT2D eigenvalue weighted by Gasteiger charge is 2.19. The zero-order valence-electron chi connectivity index (χ0n) is 14.8. The lowest BCUT2D eigenvalue weighted by Gasteiger charge is -2.11. The molecule has 1 aliphatic heterocycles. The summed E-state index contributed by atoms with van der Waals surface area (Å²) in [5, 5.41) is 0. The Bertz CT molecular complexity index is 812. The minimum Gasteiger partial charge on any atom is -0.496 e. The zero-order valence-corrected chi connectivity index (χ0v) is 16.4. The Morgan fingerprint density at radius 3 is 2.59 bits per heavy atom. The van der Waals surface area contributed by atoms with Gasteiger partial charge in [0, 0.05) is 11.1 Å². The highest BCUT2D eigenvalue weighted by atomic mass is 79.9. The minimum atomic E-state index is -0.554. The van der Waals surface area contributed by atoms with E-state index in [-0.39, 0.29) is 12.7 Å². The van der Waals surface area contributed by atoms with E-state index in [9.17, 15) is 9.59 Å². The van der Waals surface area contributed by atoms with Crippen molar-refractivity contribution in [1.29, 1.82) is 0 Å². The van der Waals surface area contributed by atoms with Gasteiger partial charge in [0.1, 0.15) is 23.7 Å². The summed E-state index contributed by atoms with van der Waals surface area (Å²) < 4.78 is 22.0. The van der Waals surface area contributed by atoms with Crippen molar-refractivity contribution in [2.75, 3.05) is 20.3 Å². The van der Waals surface area contributed by atoms with Gasteiger partial charge in [-0.1, -0.05) is 15.9 Å². The van der Waals surface area contributed by atoms with E-state index in [1.165, 1.54) is 7.11 Å². The number of halogens is 1. The molecule has 0 aliphatic carbocycles. The third-order valence-electron chi connectivity index (χ3n) is 4.11. The van der Waals surface area contributed by atoms with Gasteiger partial charge in [-0.15, -0.1) is 0 Å². The molecule has 0 saturated carbocycles. The third-order valence-corrected chi connectivity index (χ3v) is 4.60. The van der Waals surface area contributed by atoms with E-state index < -0.39 is 11.9 Å². The third kappa shape index (κ3) is 5.08. The molecule has 0 spiro atoms. The summed E-state index contributed by atoms with van der Waals surface area (Å²) in [5.74, 6) is -0.255. The molecule has 1 saturated heterocycles. The van der Waals surface area contributed by atoms with Gasteiger partial charge in [0.15, 0.2) is 0 Å². The average Bonchev–Trinajstić information content (AvgIpc) is 3.20. The van der Waals surface area contributed by atoms with E-state index in [2.05, 4.69) is 15.9 Å². The normalized spacial score (nSPS) is 16.0. The van der Waals surface area contributed by atoms with Gasteiger partial charge in [0.05, 0.1) is 18.8 Å². The summed E-state index contributed by atoms with van der Waals surface area (Å²) in [5.41, 5.74) is 0.680. The Kier molecular flexibility index (Phi) is 6.47. The van der Waals surface area contributed by atoms with Crippen LogP contribution in [0, 0.1) is 0 Å². The second-order valence-electron chi connectivity index (χ2n) is 5.99. The molecule has 1 aliphatic rings. The fourth-order valence-electron chi connectivity index (χ4n) is 2.69. The minimum absolute atomic E-state index is 0.0191. The predicted molar refractivity (Wildman–Crippen MR) is 101 cm³/mol. The second-order valence-corrected chi connectivity index (χ2v) is 6.91. The molecule has 142 valence electrons. The first-order chi connectivity index (χ1) is 13.1. The molecule has 6 nitrogen and oxygen atoms in total. The first-order valence-corrected chi connectivity index (χ1v) is 9.30. The van der Waals surface area contributed by atoms with Crippen LogP contribution in [0.5, 0.6) is 11.5 Å². The molecular weight excluding hydrogens is 416 g/mol. The summed E-state index contributed by atoms with van der Waals surface area (Å²) >= 11 is 3.32. The lowest BCUT2D eigenvalue weighted by atomic mass is 10.2. The van der Waals surface area contributed by atoms with E-state index >= 15 is 0 Å². The first-order valence-electron chi connectivity index (χ1n) is 8.51.